The molecule has 1 N–H and O–H groups in total. The van der Waals surface area contributed by atoms with Crippen molar-refractivity contribution in [3.63, 3.8) is 0 Å². The molecule has 0 bridgehead atoms. The molecule has 3 aromatic rings. The molecule has 5 heteroatoms. The van der Waals surface area contributed by atoms with Gasteiger partial charge in [0.05, 0.1) is 5.69 Å². The Kier molecular flexibility index (Phi) is 3.44. The van der Waals surface area contributed by atoms with Crippen LogP contribution in [-0.4, -0.2) is 19.3 Å². The number of hydrogen-bond donors (Lipinski definition) is 1. The van der Waals surface area contributed by atoms with E-state index in [1.54, 1.807) is 0 Å². The first-order valence-electron chi connectivity index (χ1n) is 6.83. The van der Waals surface area contributed by atoms with Crippen molar-refractivity contribution in [1.82, 2.24) is 19.3 Å². The molecule has 0 aliphatic carbocycles. The Morgan fingerprint density at radius 3 is 2.75 bits per heavy atom. The van der Waals surface area contributed by atoms with Crippen molar-refractivity contribution in [3.05, 3.63) is 46.4 Å². The molecule has 0 aliphatic rings. The van der Waals surface area contributed by atoms with Crippen molar-refractivity contribution in [2.45, 2.75) is 26.3 Å². The fourth-order valence-corrected chi connectivity index (χ4v) is 2.95. The number of fused-ring (bicyclic) bond motifs is 1. The summed E-state index contributed by atoms with van der Waals surface area (Å²) in [6.07, 6.45) is 2.13. The molecular formula is C15H18N4S. The van der Waals surface area contributed by atoms with Gasteiger partial charge in [-0.1, -0.05) is 30.3 Å². The van der Waals surface area contributed by atoms with Gasteiger partial charge in [0.2, 0.25) is 0 Å². The number of benzene rings is 1. The summed E-state index contributed by atoms with van der Waals surface area (Å²) in [5.41, 5.74) is 4.50. The second kappa shape index (κ2) is 5.25. The fourth-order valence-electron chi connectivity index (χ4n) is 2.67. The third-order valence-corrected chi connectivity index (χ3v) is 3.94. The fraction of sp³-hybridized carbons (Fsp3) is 0.333. The summed E-state index contributed by atoms with van der Waals surface area (Å²) in [4.78, 5) is 3.26. The first-order chi connectivity index (χ1) is 9.66. The third-order valence-electron chi connectivity index (χ3n) is 3.61. The Labute approximate surface area is 123 Å². The molecule has 0 amide bonds. The third kappa shape index (κ3) is 2.29. The molecule has 0 aliphatic heterocycles. The summed E-state index contributed by atoms with van der Waals surface area (Å²) in [5.74, 6) is 0. The van der Waals surface area contributed by atoms with Crippen molar-refractivity contribution in [3.8, 4) is 0 Å². The lowest BCUT2D eigenvalue weighted by molar-refractivity contribution is 0.626. The van der Waals surface area contributed by atoms with Gasteiger partial charge in [0.25, 0.3) is 0 Å². The van der Waals surface area contributed by atoms with Gasteiger partial charge in [0, 0.05) is 13.6 Å². The van der Waals surface area contributed by atoms with E-state index in [4.69, 9.17) is 12.2 Å². The Hall–Kier alpha value is -1.88. The number of rotatable bonds is 4. The van der Waals surface area contributed by atoms with Gasteiger partial charge < -0.3 is 9.55 Å². The summed E-state index contributed by atoms with van der Waals surface area (Å²) < 4.78 is 4.83. The first kappa shape index (κ1) is 13.1. The minimum absolute atomic E-state index is 0.782. The van der Waals surface area contributed by atoms with Crippen LogP contribution in [0.3, 0.4) is 0 Å². The molecule has 3 rings (SSSR count). The van der Waals surface area contributed by atoms with Crippen LogP contribution in [0.2, 0.25) is 0 Å². The van der Waals surface area contributed by atoms with Gasteiger partial charge in [-0.15, -0.1) is 0 Å². The normalized spacial score (nSPS) is 11.3. The average Bonchev–Trinajstić information content (AvgIpc) is 2.90. The van der Waals surface area contributed by atoms with Crippen LogP contribution in [0.25, 0.3) is 11.2 Å². The molecule has 0 spiro atoms. The van der Waals surface area contributed by atoms with E-state index in [2.05, 4.69) is 38.9 Å². The van der Waals surface area contributed by atoms with E-state index in [0.717, 1.165) is 41.0 Å². The molecule has 2 heterocycles. The van der Waals surface area contributed by atoms with Gasteiger partial charge >= 0.3 is 0 Å². The first-order valence-corrected chi connectivity index (χ1v) is 7.23. The smallest absolute Gasteiger partial charge is 0.179 e. The highest BCUT2D eigenvalue weighted by Crippen LogP contribution is 2.17. The molecule has 1 aromatic carbocycles. The van der Waals surface area contributed by atoms with Gasteiger partial charge in [-0.3, -0.25) is 4.68 Å². The van der Waals surface area contributed by atoms with Crippen LogP contribution in [0, 0.1) is 11.7 Å². The van der Waals surface area contributed by atoms with Crippen LogP contribution in [0.1, 0.15) is 17.7 Å². The summed E-state index contributed by atoms with van der Waals surface area (Å²) in [5, 5.41) is 4.44. The van der Waals surface area contributed by atoms with E-state index in [0.29, 0.717) is 0 Å². The number of aryl methyl sites for hydroxylation is 4. The number of aromatic nitrogens is 4. The van der Waals surface area contributed by atoms with Crippen molar-refractivity contribution in [1.29, 1.82) is 0 Å². The lowest BCUT2D eigenvalue weighted by Crippen LogP contribution is -2.04. The Morgan fingerprint density at radius 1 is 1.25 bits per heavy atom. The van der Waals surface area contributed by atoms with E-state index >= 15 is 0 Å². The predicted molar refractivity (Wildman–Crippen MR) is 83.4 cm³/mol. The molecular weight excluding hydrogens is 268 g/mol. The lowest BCUT2D eigenvalue weighted by atomic mass is 10.1. The highest BCUT2D eigenvalue weighted by Gasteiger charge is 2.12. The summed E-state index contributed by atoms with van der Waals surface area (Å²) in [6.45, 7) is 2.91. The van der Waals surface area contributed by atoms with E-state index in [1.165, 1.54) is 5.56 Å². The monoisotopic (exact) mass is 286 g/mol. The van der Waals surface area contributed by atoms with Crippen molar-refractivity contribution in [2.75, 3.05) is 0 Å². The van der Waals surface area contributed by atoms with Crippen LogP contribution in [0.5, 0.6) is 0 Å². The number of H-pyrrole nitrogens is 1. The number of imidazole rings is 1. The van der Waals surface area contributed by atoms with Crippen LogP contribution in [-0.2, 0) is 20.0 Å². The predicted octanol–water partition coefficient (Wildman–Crippen LogP) is 3.37. The minimum Gasteiger partial charge on any atom is -0.328 e. The maximum Gasteiger partial charge on any atom is 0.179 e. The molecule has 0 atom stereocenters. The lowest BCUT2D eigenvalue weighted by Gasteiger charge is -2.05. The number of hydrogen-bond acceptors (Lipinski definition) is 2. The van der Waals surface area contributed by atoms with Crippen molar-refractivity contribution in [2.24, 2.45) is 7.05 Å². The molecule has 104 valence electrons. The summed E-state index contributed by atoms with van der Waals surface area (Å²) in [7, 11) is 1.96. The minimum atomic E-state index is 0.782. The standard InChI is InChI=1S/C15H18N4S/c1-11-13-14(18(2)17-11)19(15(20)16-13)10-6-9-12-7-4-3-5-8-12/h3-5,7-8H,6,9-10H2,1-2H3,(H,16,20). The number of nitrogens with zero attached hydrogens (tertiary/aromatic N) is 3. The van der Waals surface area contributed by atoms with E-state index in [9.17, 15) is 0 Å². The zero-order chi connectivity index (χ0) is 14.1. The molecule has 4 nitrogen and oxygen atoms in total. The van der Waals surface area contributed by atoms with Crippen LogP contribution < -0.4 is 0 Å². The molecule has 0 saturated carbocycles. The highest BCUT2D eigenvalue weighted by atomic mass is 32.1. The molecule has 2 aromatic heterocycles. The number of nitrogens with one attached hydrogen (secondary N) is 1. The largest absolute Gasteiger partial charge is 0.328 e. The van der Waals surface area contributed by atoms with Gasteiger partial charge in [-0.2, -0.15) is 5.10 Å². The second-order valence-electron chi connectivity index (χ2n) is 5.08. The topological polar surface area (TPSA) is 38.5 Å². The maximum atomic E-state index is 5.42. The molecule has 0 unspecified atom stereocenters. The zero-order valence-electron chi connectivity index (χ0n) is 11.8. The van der Waals surface area contributed by atoms with Crippen LogP contribution in [0.4, 0.5) is 0 Å². The van der Waals surface area contributed by atoms with Crippen molar-refractivity contribution >= 4 is 23.4 Å². The Balaban J connectivity index is 1.81. The molecule has 0 fully saturated rings. The van der Waals surface area contributed by atoms with Crippen LogP contribution in [0.15, 0.2) is 30.3 Å². The summed E-state index contributed by atoms with van der Waals surface area (Å²) >= 11 is 5.42. The molecule has 0 saturated heterocycles. The van der Waals surface area contributed by atoms with Crippen LogP contribution >= 0.6 is 12.2 Å². The zero-order valence-corrected chi connectivity index (χ0v) is 12.6. The highest BCUT2D eigenvalue weighted by molar-refractivity contribution is 7.71. The maximum absolute atomic E-state index is 5.42. The SMILES string of the molecule is Cc1nn(C)c2c1[nH]c(=S)n2CCCc1ccccc1. The van der Waals surface area contributed by atoms with E-state index in [-0.39, 0.29) is 0 Å². The summed E-state index contributed by atoms with van der Waals surface area (Å²) in [6, 6.07) is 10.5. The number of aromatic amines is 1. The molecule has 20 heavy (non-hydrogen) atoms. The van der Waals surface area contributed by atoms with Crippen molar-refractivity contribution < 1.29 is 0 Å². The average molecular weight is 286 g/mol. The van der Waals surface area contributed by atoms with E-state index in [1.807, 2.05) is 24.7 Å². The van der Waals surface area contributed by atoms with Gasteiger partial charge in [0.15, 0.2) is 10.4 Å². The Morgan fingerprint density at radius 2 is 2.00 bits per heavy atom. The second-order valence-corrected chi connectivity index (χ2v) is 5.47. The van der Waals surface area contributed by atoms with E-state index < -0.39 is 0 Å². The molecule has 0 radical (unpaired) electrons. The Bertz CT molecular complexity index is 779. The quantitative estimate of drug-likeness (QED) is 0.747. The van der Waals surface area contributed by atoms with Gasteiger partial charge in [0.1, 0.15) is 5.52 Å². The van der Waals surface area contributed by atoms with Gasteiger partial charge in [-0.25, -0.2) is 0 Å². The van der Waals surface area contributed by atoms with Gasteiger partial charge in [-0.05, 0) is 37.5 Å².